The van der Waals surface area contributed by atoms with E-state index in [4.69, 9.17) is 0 Å². The van der Waals surface area contributed by atoms with Crippen LogP contribution < -0.4 is 4.90 Å². The Morgan fingerprint density at radius 2 is 2.17 bits per heavy atom. The molecule has 18 heavy (non-hydrogen) atoms. The summed E-state index contributed by atoms with van der Waals surface area (Å²) < 4.78 is 0.745. The molecule has 1 saturated heterocycles. The van der Waals surface area contributed by atoms with Crippen molar-refractivity contribution in [3.8, 4) is 0 Å². The summed E-state index contributed by atoms with van der Waals surface area (Å²) in [5, 5.41) is 11.1. The fourth-order valence-corrected chi connectivity index (χ4v) is 2.89. The highest BCUT2D eigenvalue weighted by Crippen LogP contribution is 2.37. The van der Waals surface area contributed by atoms with Crippen LogP contribution in [0.3, 0.4) is 0 Å². The topological polar surface area (TPSA) is 46.4 Å². The molecule has 0 unspecified atom stereocenters. The first-order chi connectivity index (χ1) is 8.39. The maximum absolute atomic E-state index is 11.1. The van der Waals surface area contributed by atoms with E-state index in [2.05, 4.69) is 34.7 Å². The molecule has 1 fully saturated rings. The average Bonchev–Trinajstić information content (AvgIpc) is 2.27. The number of benzene rings is 1. The molecular weight excluding hydrogens is 296 g/mol. The van der Waals surface area contributed by atoms with Crippen molar-refractivity contribution in [2.24, 2.45) is 5.41 Å². The lowest BCUT2D eigenvalue weighted by atomic mass is 9.84. The number of anilines is 1. The van der Waals surface area contributed by atoms with E-state index in [1.54, 1.807) is 6.07 Å². The van der Waals surface area contributed by atoms with Crippen molar-refractivity contribution in [1.29, 1.82) is 0 Å². The molecule has 0 spiro atoms. The number of nitro benzene ring substituents is 1. The summed E-state index contributed by atoms with van der Waals surface area (Å²) in [5.74, 6) is 0. The summed E-state index contributed by atoms with van der Waals surface area (Å²) >= 11 is 3.29. The molecule has 0 saturated carbocycles. The highest BCUT2D eigenvalue weighted by molar-refractivity contribution is 9.10. The molecule has 1 aromatic rings. The number of rotatable bonds is 2. The van der Waals surface area contributed by atoms with Crippen LogP contribution in [0.25, 0.3) is 0 Å². The third kappa shape index (κ3) is 2.83. The Labute approximate surface area is 115 Å². The third-order valence-electron chi connectivity index (χ3n) is 3.38. The van der Waals surface area contributed by atoms with Crippen LogP contribution in [0.1, 0.15) is 26.7 Å². The summed E-state index contributed by atoms with van der Waals surface area (Å²) in [6.07, 6.45) is 2.26. The Balaban J connectivity index is 2.35. The van der Waals surface area contributed by atoms with Gasteiger partial charge < -0.3 is 4.90 Å². The van der Waals surface area contributed by atoms with Gasteiger partial charge in [-0.15, -0.1) is 0 Å². The Morgan fingerprint density at radius 1 is 1.44 bits per heavy atom. The number of hydrogen-bond acceptors (Lipinski definition) is 3. The van der Waals surface area contributed by atoms with Crippen LogP contribution in [-0.4, -0.2) is 18.0 Å². The van der Waals surface area contributed by atoms with Crippen LogP contribution in [0.4, 0.5) is 11.4 Å². The van der Waals surface area contributed by atoms with E-state index in [-0.39, 0.29) is 16.0 Å². The van der Waals surface area contributed by atoms with Crippen molar-refractivity contribution in [3.63, 3.8) is 0 Å². The van der Waals surface area contributed by atoms with Gasteiger partial charge in [0, 0.05) is 23.6 Å². The Morgan fingerprint density at radius 3 is 2.78 bits per heavy atom. The lowest BCUT2D eigenvalue weighted by molar-refractivity contribution is -0.384. The number of nitrogens with zero attached hydrogens (tertiary/aromatic N) is 2. The van der Waals surface area contributed by atoms with Gasteiger partial charge in [0.25, 0.3) is 5.69 Å². The summed E-state index contributed by atoms with van der Waals surface area (Å²) in [5.41, 5.74) is 1.14. The Bertz CT molecular complexity index is 474. The number of nitro groups is 1. The quantitative estimate of drug-likeness (QED) is 0.613. The molecule has 0 radical (unpaired) electrons. The number of piperidine rings is 1. The molecule has 0 aliphatic carbocycles. The maximum atomic E-state index is 11.1. The highest BCUT2D eigenvalue weighted by atomic mass is 79.9. The molecule has 5 heteroatoms. The highest BCUT2D eigenvalue weighted by Gasteiger charge is 2.29. The molecule has 2 rings (SSSR count). The molecule has 1 heterocycles. The second-order valence-corrected chi connectivity index (χ2v) is 6.50. The first kappa shape index (κ1) is 13.3. The SMILES string of the molecule is CC1(C)CCCN(c2ccc(Br)cc2[N+](=O)[O-])C1. The smallest absolute Gasteiger partial charge is 0.293 e. The maximum Gasteiger partial charge on any atom is 0.293 e. The van der Waals surface area contributed by atoms with E-state index in [1.165, 1.54) is 6.42 Å². The van der Waals surface area contributed by atoms with Gasteiger partial charge in [-0.1, -0.05) is 29.8 Å². The average molecular weight is 313 g/mol. The normalized spacial score (nSPS) is 18.7. The second-order valence-electron chi connectivity index (χ2n) is 5.58. The molecule has 4 nitrogen and oxygen atoms in total. The van der Waals surface area contributed by atoms with Crippen molar-refractivity contribution >= 4 is 27.3 Å². The third-order valence-corrected chi connectivity index (χ3v) is 3.87. The van der Waals surface area contributed by atoms with Gasteiger partial charge in [-0.2, -0.15) is 0 Å². The molecule has 98 valence electrons. The van der Waals surface area contributed by atoms with Crippen LogP contribution in [0.5, 0.6) is 0 Å². The minimum absolute atomic E-state index is 0.182. The van der Waals surface area contributed by atoms with Crippen LogP contribution in [0.15, 0.2) is 22.7 Å². The molecule has 0 N–H and O–H groups in total. The van der Waals surface area contributed by atoms with E-state index in [0.29, 0.717) is 0 Å². The van der Waals surface area contributed by atoms with Gasteiger partial charge in [-0.25, -0.2) is 0 Å². The van der Waals surface area contributed by atoms with Crippen molar-refractivity contribution in [2.45, 2.75) is 26.7 Å². The zero-order valence-corrected chi connectivity index (χ0v) is 12.2. The molecule has 1 aliphatic heterocycles. The molecule has 0 atom stereocenters. The minimum Gasteiger partial charge on any atom is -0.365 e. The fourth-order valence-electron chi connectivity index (χ4n) is 2.54. The Kier molecular flexibility index (Phi) is 3.61. The van der Waals surface area contributed by atoms with Gasteiger partial charge in [0.2, 0.25) is 0 Å². The van der Waals surface area contributed by atoms with Crippen LogP contribution in [0, 0.1) is 15.5 Å². The largest absolute Gasteiger partial charge is 0.365 e. The zero-order valence-electron chi connectivity index (χ0n) is 10.6. The van der Waals surface area contributed by atoms with E-state index in [1.807, 2.05) is 12.1 Å². The lowest BCUT2D eigenvalue weighted by Gasteiger charge is -2.39. The fraction of sp³-hybridized carbons (Fsp3) is 0.538. The van der Waals surface area contributed by atoms with E-state index in [0.717, 1.165) is 29.7 Å². The van der Waals surface area contributed by atoms with Gasteiger partial charge in [0.15, 0.2) is 0 Å². The summed E-state index contributed by atoms with van der Waals surface area (Å²) in [6, 6.07) is 5.28. The summed E-state index contributed by atoms with van der Waals surface area (Å²) in [4.78, 5) is 13.0. The van der Waals surface area contributed by atoms with Gasteiger partial charge in [-0.05, 0) is 30.4 Å². The minimum atomic E-state index is -0.304. The number of hydrogen-bond donors (Lipinski definition) is 0. The first-order valence-electron chi connectivity index (χ1n) is 6.08. The predicted octanol–water partition coefficient (Wildman–Crippen LogP) is 3.98. The van der Waals surface area contributed by atoms with Crippen molar-refractivity contribution < 1.29 is 4.92 Å². The zero-order chi connectivity index (χ0) is 13.3. The van der Waals surface area contributed by atoms with E-state index >= 15 is 0 Å². The predicted molar refractivity (Wildman–Crippen MR) is 76.0 cm³/mol. The van der Waals surface area contributed by atoms with Gasteiger partial charge in [0.05, 0.1) is 4.92 Å². The van der Waals surface area contributed by atoms with Gasteiger partial charge in [0.1, 0.15) is 5.69 Å². The first-order valence-corrected chi connectivity index (χ1v) is 6.87. The second kappa shape index (κ2) is 4.88. The molecule has 1 aromatic carbocycles. The summed E-state index contributed by atoms with van der Waals surface area (Å²) in [6.45, 7) is 6.19. The van der Waals surface area contributed by atoms with Crippen LogP contribution in [-0.2, 0) is 0 Å². The molecular formula is C13H17BrN2O2. The van der Waals surface area contributed by atoms with Gasteiger partial charge >= 0.3 is 0 Å². The van der Waals surface area contributed by atoms with Crippen molar-refractivity contribution in [3.05, 3.63) is 32.8 Å². The lowest BCUT2D eigenvalue weighted by Crippen LogP contribution is -2.40. The van der Waals surface area contributed by atoms with Crippen LogP contribution >= 0.6 is 15.9 Å². The standard InChI is InChI=1S/C13H17BrN2O2/c1-13(2)6-3-7-15(9-13)11-5-4-10(14)8-12(11)16(17)18/h4-5,8H,3,6-7,9H2,1-2H3. The van der Waals surface area contributed by atoms with E-state index in [9.17, 15) is 10.1 Å². The number of halogens is 1. The monoisotopic (exact) mass is 312 g/mol. The molecule has 1 aliphatic rings. The van der Waals surface area contributed by atoms with Crippen LogP contribution in [0.2, 0.25) is 0 Å². The summed E-state index contributed by atoms with van der Waals surface area (Å²) in [7, 11) is 0. The molecule has 0 aromatic heterocycles. The molecule has 0 amide bonds. The Hall–Kier alpha value is -1.10. The molecule has 0 bridgehead atoms. The van der Waals surface area contributed by atoms with Crippen molar-refractivity contribution in [1.82, 2.24) is 0 Å². The van der Waals surface area contributed by atoms with Crippen molar-refractivity contribution in [2.75, 3.05) is 18.0 Å². The van der Waals surface area contributed by atoms with Gasteiger partial charge in [-0.3, -0.25) is 10.1 Å². The van der Waals surface area contributed by atoms with E-state index < -0.39 is 0 Å².